The lowest BCUT2D eigenvalue weighted by Gasteiger charge is -2.34. The molecule has 3 fully saturated rings. The number of methoxy groups -OCH3 is 1. The third-order valence-electron chi connectivity index (χ3n) is 7.65. The summed E-state index contributed by atoms with van der Waals surface area (Å²) in [5.74, 6) is 1.71. The minimum atomic E-state index is -1.52. The van der Waals surface area contributed by atoms with Crippen LogP contribution in [0.3, 0.4) is 0 Å². The first-order valence-electron chi connectivity index (χ1n) is 12.4. The fourth-order valence-corrected chi connectivity index (χ4v) is 5.50. The molecule has 0 unspecified atom stereocenters. The van der Waals surface area contributed by atoms with Gasteiger partial charge in [0.2, 0.25) is 0 Å². The lowest BCUT2D eigenvalue weighted by Crippen LogP contribution is -2.34. The van der Waals surface area contributed by atoms with Crippen LogP contribution < -0.4 is 14.5 Å². The van der Waals surface area contributed by atoms with Gasteiger partial charge < -0.3 is 14.5 Å². The minimum absolute atomic E-state index is 0.134. The van der Waals surface area contributed by atoms with Crippen LogP contribution >= 0.6 is 0 Å². The maximum absolute atomic E-state index is 15.3. The Morgan fingerprint density at radius 2 is 1.71 bits per heavy atom. The predicted octanol–water partition coefficient (Wildman–Crippen LogP) is 5.72. The summed E-state index contributed by atoms with van der Waals surface area (Å²) in [5.41, 5.74) is 0.809. The third-order valence-corrected chi connectivity index (χ3v) is 7.65. The molecule has 3 heterocycles. The summed E-state index contributed by atoms with van der Waals surface area (Å²) >= 11 is 0. The first kappa shape index (κ1) is 21.6. The number of nitrogens with zero attached hydrogens (tertiary/aromatic N) is 4. The molecule has 7 heteroatoms. The fourth-order valence-electron chi connectivity index (χ4n) is 5.50. The van der Waals surface area contributed by atoms with Crippen LogP contribution in [0.2, 0.25) is 0 Å². The van der Waals surface area contributed by atoms with Crippen molar-refractivity contribution >= 4 is 22.4 Å². The second-order valence-corrected chi connectivity index (χ2v) is 9.86. The lowest BCUT2D eigenvalue weighted by atomic mass is 9.88. The molecule has 2 aliphatic heterocycles. The van der Waals surface area contributed by atoms with Crippen molar-refractivity contribution in [1.29, 1.82) is 0 Å². The molecule has 2 aromatic carbocycles. The van der Waals surface area contributed by atoms with Crippen LogP contribution in [0, 0.1) is 5.82 Å². The molecule has 1 aromatic heterocycles. The van der Waals surface area contributed by atoms with Gasteiger partial charge >= 0.3 is 0 Å². The van der Waals surface area contributed by atoms with E-state index in [0.29, 0.717) is 30.0 Å². The molecule has 6 rings (SSSR count). The van der Waals surface area contributed by atoms with Gasteiger partial charge in [-0.25, -0.2) is 18.7 Å². The Morgan fingerprint density at radius 1 is 0.971 bits per heavy atom. The second kappa shape index (κ2) is 8.36. The molecule has 0 radical (unpaired) electrons. The van der Waals surface area contributed by atoms with Crippen molar-refractivity contribution in [2.75, 3.05) is 43.1 Å². The normalized spacial score (nSPS) is 20.2. The largest absolute Gasteiger partial charge is 0.496 e. The van der Waals surface area contributed by atoms with E-state index < -0.39 is 11.5 Å². The highest BCUT2D eigenvalue weighted by molar-refractivity contribution is 5.93. The van der Waals surface area contributed by atoms with Gasteiger partial charge in [0.25, 0.3) is 0 Å². The van der Waals surface area contributed by atoms with E-state index in [1.54, 1.807) is 13.2 Å². The van der Waals surface area contributed by atoms with Crippen molar-refractivity contribution in [1.82, 2.24) is 9.97 Å². The molecule has 5 nitrogen and oxygen atoms in total. The monoisotopic (exact) mass is 464 g/mol. The summed E-state index contributed by atoms with van der Waals surface area (Å²) in [6.07, 6.45) is 4.89. The zero-order chi connectivity index (χ0) is 23.3. The minimum Gasteiger partial charge on any atom is -0.496 e. The number of para-hydroxylation sites is 1. The van der Waals surface area contributed by atoms with Crippen LogP contribution in [0.1, 0.15) is 55.8 Å². The van der Waals surface area contributed by atoms with Crippen molar-refractivity contribution in [3.05, 3.63) is 53.6 Å². The SMILES string of the molecule is COc1ccccc1C1CCN(c2nc(C3(F)CC3)nc3c(F)cc(N4CCCC4)cc23)CC1. The topological polar surface area (TPSA) is 41.5 Å². The van der Waals surface area contributed by atoms with Crippen LogP contribution in [-0.2, 0) is 5.67 Å². The predicted molar refractivity (Wildman–Crippen MR) is 130 cm³/mol. The number of hydrogen-bond acceptors (Lipinski definition) is 5. The van der Waals surface area contributed by atoms with E-state index in [1.807, 2.05) is 24.3 Å². The molecule has 0 spiro atoms. The molecular weight excluding hydrogens is 434 g/mol. The summed E-state index contributed by atoms with van der Waals surface area (Å²) in [5, 5.41) is 0.686. The summed E-state index contributed by atoms with van der Waals surface area (Å²) in [6, 6.07) is 11.7. The highest BCUT2D eigenvalue weighted by atomic mass is 19.1. The van der Waals surface area contributed by atoms with Crippen LogP contribution in [0.4, 0.5) is 20.3 Å². The summed E-state index contributed by atoms with van der Waals surface area (Å²) in [6.45, 7) is 3.39. The summed E-state index contributed by atoms with van der Waals surface area (Å²) in [7, 11) is 1.71. The van der Waals surface area contributed by atoms with Crippen LogP contribution in [-0.4, -0.2) is 43.3 Å². The van der Waals surface area contributed by atoms with Crippen LogP contribution in [0.15, 0.2) is 36.4 Å². The smallest absolute Gasteiger partial charge is 0.170 e. The lowest BCUT2D eigenvalue weighted by molar-refractivity contribution is 0.301. The average Bonchev–Trinajstić information content (AvgIpc) is 3.39. The van der Waals surface area contributed by atoms with Gasteiger partial charge in [-0.05, 0) is 68.2 Å². The Kier molecular flexibility index (Phi) is 5.30. The van der Waals surface area contributed by atoms with Crippen molar-refractivity contribution in [2.45, 2.75) is 50.1 Å². The van der Waals surface area contributed by atoms with E-state index in [1.165, 1.54) is 5.56 Å². The molecule has 3 aromatic rings. The Bertz CT molecular complexity index is 1210. The Hall–Kier alpha value is -2.96. The number of piperidine rings is 1. The number of ether oxygens (including phenoxy) is 1. The van der Waals surface area contributed by atoms with E-state index in [-0.39, 0.29) is 11.3 Å². The maximum atomic E-state index is 15.3. The van der Waals surface area contributed by atoms with Gasteiger partial charge in [0.05, 0.1) is 7.11 Å². The molecule has 0 amide bonds. The Labute approximate surface area is 198 Å². The number of rotatable bonds is 5. The molecule has 1 aliphatic carbocycles. The number of alkyl halides is 1. The molecule has 178 valence electrons. The maximum Gasteiger partial charge on any atom is 0.170 e. The van der Waals surface area contributed by atoms with Crippen LogP contribution in [0.25, 0.3) is 10.9 Å². The third kappa shape index (κ3) is 3.75. The molecular formula is C27H30F2N4O. The highest BCUT2D eigenvalue weighted by Crippen LogP contribution is 2.49. The van der Waals surface area contributed by atoms with E-state index in [2.05, 4.69) is 20.9 Å². The fraction of sp³-hybridized carbons (Fsp3) is 0.481. The number of halogens is 2. The van der Waals surface area contributed by atoms with Crippen molar-refractivity contribution in [3.63, 3.8) is 0 Å². The zero-order valence-corrected chi connectivity index (χ0v) is 19.6. The summed E-state index contributed by atoms with van der Waals surface area (Å²) < 4.78 is 36.0. The van der Waals surface area contributed by atoms with Crippen LogP contribution in [0.5, 0.6) is 5.75 Å². The van der Waals surface area contributed by atoms with Crippen molar-refractivity contribution in [3.8, 4) is 5.75 Å². The number of aromatic nitrogens is 2. The molecule has 0 atom stereocenters. The second-order valence-electron chi connectivity index (χ2n) is 9.86. The number of benzene rings is 2. The van der Waals surface area contributed by atoms with Gasteiger partial charge in [-0.2, -0.15) is 0 Å². The number of hydrogen-bond donors (Lipinski definition) is 0. The highest BCUT2D eigenvalue weighted by Gasteiger charge is 2.48. The van der Waals surface area contributed by atoms with E-state index in [0.717, 1.165) is 63.3 Å². The number of anilines is 2. The molecule has 3 aliphatic rings. The van der Waals surface area contributed by atoms with Gasteiger partial charge in [-0.15, -0.1) is 0 Å². The molecule has 0 N–H and O–H groups in total. The first-order chi connectivity index (χ1) is 16.6. The molecule has 34 heavy (non-hydrogen) atoms. The van der Waals surface area contributed by atoms with Gasteiger partial charge in [-0.3, -0.25) is 0 Å². The van der Waals surface area contributed by atoms with E-state index in [9.17, 15) is 0 Å². The van der Waals surface area contributed by atoms with E-state index >= 15 is 8.78 Å². The van der Waals surface area contributed by atoms with Gasteiger partial charge in [0, 0.05) is 37.3 Å². The van der Waals surface area contributed by atoms with Gasteiger partial charge in [0.15, 0.2) is 17.3 Å². The molecule has 1 saturated carbocycles. The molecule has 2 saturated heterocycles. The average molecular weight is 465 g/mol. The van der Waals surface area contributed by atoms with E-state index in [4.69, 9.17) is 9.72 Å². The van der Waals surface area contributed by atoms with Gasteiger partial charge in [-0.1, -0.05) is 18.2 Å². The zero-order valence-electron chi connectivity index (χ0n) is 19.6. The van der Waals surface area contributed by atoms with Crippen molar-refractivity contribution in [2.24, 2.45) is 0 Å². The van der Waals surface area contributed by atoms with Gasteiger partial charge in [0.1, 0.15) is 17.1 Å². The summed E-state index contributed by atoms with van der Waals surface area (Å²) in [4.78, 5) is 13.5. The quantitative estimate of drug-likeness (QED) is 0.483. The Morgan fingerprint density at radius 3 is 2.41 bits per heavy atom. The standard InChI is InChI=1S/C27H30F2N4O/c1-34-23-7-3-2-6-20(23)18-8-14-33(15-9-18)25-21-16-19(32-12-4-5-13-32)17-22(28)24(21)30-26(31-25)27(29)10-11-27/h2-3,6-7,16-18H,4-5,8-15H2,1H3. The number of fused-ring (bicyclic) bond motifs is 1. The van der Waals surface area contributed by atoms with Crippen molar-refractivity contribution < 1.29 is 13.5 Å². The first-order valence-corrected chi connectivity index (χ1v) is 12.4. The molecule has 0 bridgehead atoms. The Balaban J connectivity index is 1.37.